The van der Waals surface area contributed by atoms with Gasteiger partial charge in [0.2, 0.25) is 0 Å². The van der Waals surface area contributed by atoms with Crippen molar-refractivity contribution in [2.45, 2.75) is 45.6 Å². The van der Waals surface area contributed by atoms with Gasteiger partial charge in [-0.3, -0.25) is 9.20 Å². The Kier molecular flexibility index (Phi) is 4.63. The highest BCUT2D eigenvalue weighted by Crippen LogP contribution is 2.30. The van der Waals surface area contributed by atoms with Crippen molar-refractivity contribution in [3.63, 3.8) is 0 Å². The lowest BCUT2D eigenvalue weighted by atomic mass is 9.86. The normalized spacial score (nSPS) is 19.7. The van der Waals surface area contributed by atoms with E-state index in [0.717, 1.165) is 38.4 Å². The van der Waals surface area contributed by atoms with Crippen LogP contribution in [0.25, 0.3) is 26.4 Å². The van der Waals surface area contributed by atoms with Gasteiger partial charge in [-0.05, 0) is 43.9 Å². The standard InChI is InChI=1S/C24H25N3OS/c1-15-7-9-17(10-8-15)20-14-27-21-12-11-18(13-22(21)29-24(27)26-20)23(28)25-19-6-4-3-5-16(19)2/h7-14,16,19H,3-6H2,1-2H3,(H,25,28)/t16-,19-/m1/s1. The molecule has 0 bridgehead atoms. The average Bonchev–Trinajstić information content (AvgIpc) is 3.27. The van der Waals surface area contributed by atoms with E-state index >= 15 is 0 Å². The third kappa shape index (κ3) is 3.44. The quantitative estimate of drug-likeness (QED) is 0.467. The van der Waals surface area contributed by atoms with Crippen LogP contribution in [0.2, 0.25) is 0 Å². The molecule has 0 unspecified atom stereocenters. The van der Waals surface area contributed by atoms with E-state index in [9.17, 15) is 4.79 Å². The number of benzene rings is 2. The van der Waals surface area contributed by atoms with Crippen LogP contribution in [0.3, 0.4) is 0 Å². The third-order valence-corrected chi connectivity index (χ3v) is 7.15. The fraction of sp³-hybridized carbons (Fsp3) is 0.333. The highest BCUT2D eigenvalue weighted by Gasteiger charge is 2.23. The van der Waals surface area contributed by atoms with Crippen LogP contribution < -0.4 is 5.32 Å². The van der Waals surface area contributed by atoms with Crippen LogP contribution in [-0.4, -0.2) is 21.3 Å². The summed E-state index contributed by atoms with van der Waals surface area (Å²) in [4.78, 5) is 18.6. The molecule has 0 spiro atoms. The van der Waals surface area contributed by atoms with Gasteiger partial charge in [-0.2, -0.15) is 0 Å². The fourth-order valence-corrected chi connectivity index (χ4v) is 5.34. The predicted octanol–water partition coefficient (Wildman–Crippen LogP) is 5.83. The monoisotopic (exact) mass is 403 g/mol. The van der Waals surface area contributed by atoms with E-state index in [1.54, 1.807) is 11.3 Å². The summed E-state index contributed by atoms with van der Waals surface area (Å²) in [6.45, 7) is 4.33. The minimum absolute atomic E-state index is 0.0389. The van der Waals surface area contributed by atoms with Gasteiger partial charge in [0.05, 0.1) is 15.9 Å². The topological polar surface area (TPSA) is 46.4 Å². The van der Waals surface area contributed by atoms with E-state index in [2.05, 4.69) is 54.0 Å². The maximum atomic E-state index is 12.8. The molecule has 148 valence electrons. The molecule has 1 N–H and O–H groups in total. The van der Waals surface area contributed by atoms with Crippen LogP contribution in [0, 0.1) is 12.8 Å². The molecule has 2 aromatic carbocycles. The molecule has 2 aromatic heterocycles. The molecule has 1 fully saturated rings. The Labute approximate surface area is 174 Å². The minimum atomic E-state index is 0.0389. The highest BCUT2D eigenvalue weighted by molar-refractivity contribution is 7.23. The summed E-state index contributed by atoms with van der Waals surface area (Å²) in [6.07, 6.45) is 6.86. The first-order chi connectivity index (χ1) is 14.1. The minimum Gasteiger partial charge on any atom is -0.349 e. The first-order valence-corrected chi connectivity index (χ1v) is 11.2. The maximum Gasteiger partial charge on any atom is 0.251 e. The fourth-order valence-electron chi connectivity index (χ4n) is 4.29. The Morgan fingerprint density at radius 1 is 1.14 bits per heavy atom. The first-order valence-electron chi connectivity index (χ1n) is 10.4. The molecule has 4 nitrogen and oxygen atoms in total. The van der Waals surface area contributed by atoms with E-state index in [1.807, 2.05) is 18.2 Å². The van der Waals surface area contributed by atoms with Crippen LogP contribution in [0.15, 0.2) is 48.7 Å². The molecule has 4 aromatic rings. The van der Waals surface area contributed by atoms with Gasteiger partial charge >= 0.3 is 0 Å². The molecule has 29 heavy (non-hydrogen) atoms. The van der Waals surface area contributed by atoms with Gasteiger partial charge in [0.1, 0.15) is 0 Å². The summed E-state index contributed by atoms with van der Waals surface area (Å²) < 4.78 is 3.22. The lowest BCUT2D eigenvalue weighted by Crippen LogP contribution is -2.41. The van der Waals surface area contributed by atoms with Crippen LogP contribution in [-0.2, 0) is 0 Å². The van der Waals surface area contributed by atoms with Crippen molar-refractivity contribution < 1.29 is 4.79 Å². The molecule has 1 amide bonds. The number of amides is 1. The lowest BCUT2D eigenvalue weighted by molar-refractivity contribution is 0.0910. The summed E-state index contributed by atoms with van der Waals surface area (Å²) in [5.74, 6) is 0.596. The highest BCUT2D eigenvalue weighted by atomic mass is 32.1. The summed E-state index contributed by atoms with van der Waals surface area (Å²) in [6, 6.07) is 14.7. The second kappa shape index (κ2) is 7.30. The number of hydrogen-bond acceptors (Lipinski definition) is 3. The SMILES string of the molecule is Cc1ccc(-c2cn3c(n2)sc2cc(C(=O)N[C@@H]4CCCC[C@H]4C)ccc23)cc1. The van der Waals surface area contributed by atoms with Crippen molar-refractivity contribution >= 4 is 32.4 Å². The largest absolute Gasteiger partial charge is 0.349 e. The van der Waals surface area contributed by atoms with Crippen molar-refractivity contribution in [3.05, 3.63) is 59.8 Å². The van der Waals surface area contributed by atoms with Crippen molar-refractivity contribution in [1.82, 2.24) is 14.7 Å². The molecule has 2 atom stereocenters. The molecule has 1 saturated carbocycles. The van der Waals surface area contributed by atoms with Gasteiger partial charge in [-0.25, -0.2) is 4.98 Å². The van der Waals surface area contributed by atoms with Crippen LogP contribution in [0.1, 0.15) is 48.5 Å². The third-order valence-electron chi connectivity index (χ3n) is 6.13. The number of carbonyl (C=O) groups excluding carboxylic acids is 1. The molecular formula is C24H25N3OS. The van der Waals surface area contributed by atoms with E-state index in [0.29, 0.717) is 12.0 Å². The Morgan fingerprint density at radius 2 is 1.93 bits per heavy atom. The maximum absolute atomic E-state index is 12.8. The number of hydrogen-bond donors (Lipinski definition) is 1. The molecule has 0 radical (unpaired) electrons. The van der Waals surface area contributed by atoms with Gasteiger partial charge in [0.15, 0.2) is 4.96 Å². The number of thiazole rings is 1. The molecular weight excluding hydrogens is 378 g/mol. The summed E-state index contributed by atoms with van der Waals surface area (Å²) >= 11 is 1.63. The molecule has 1 aliphatic rings. The predicted molar refractivity (Wildman–Crippen MR) is 120 cm³/mol. The second-order valence-electron chi connectivity index (χ2n) is 8.27. The van der Waals surface area contributed by atoms with E-state index in [-0.39, 0.29) is 5.91 Å². The number of aryl methyl sites for hydroxylation is 1. The average molecular weight is 404 g/mol. The number of carbonyl (C=O) groups is 1. The van der Waals surface area contributed by atoms with Gasteiger partial charge < -0.3 is 5.32 Å². The van der Waals surface area contributed by atoms with Gasteiger partial charge in [0.25, 0.3) is 5.91 Å². The van der Waals surface area contributed by atoms with E-state index in [1.165, 1.54) is 24.8 Å². The van der Waals surface area contributed by atoms with E-state index in [4.69, 9.17) is 4.98 Å². The molecule has 2 heterocycles. The molecule has 0 saturated heterocycles. The van der Waals surface area contributed by atoms with E-state index < -0.39 is 0 Å². The smallest absolute Gasteiger partial charge is 0.251 e. The second-order valence-corrected chi connectivity index (χ2v) is 9.28. The van der Waals surface area contributed by atoms with Crippen molar-refractivity contribution in [2.75, 3.05) is 0 Å². The Hall–Kier alpha value is -2.66. The Bertz CT molecular complexity index is 1190. The number of rotatable bonds is 3. The van der Waals surface area contributed by atoms with Gasteiger partial charge in [-0.1, -0.05) is 60.9 Å². The van der Waals surface area contributed by atoms with Crippen molar-refractivity contribution in [1.29, 1.82) is 0 Å². The number of imidazole rings is 1. The molecule has 5 rings (SSSR count). The zero-order valence-electron chi connectivity index (χ0n) is 16.8. The number of nitrogens with zero attached hydrogens (tertiary/aromatic N) is 2. The summed E-state index contributed by atoms with van der Waals surface area (Å²) in [7, 11) is 0. The van der Waals surface area contributed by atoms with Gasteiger partial charge in [-0.15, -0.1) is 0 Å². The van der Waals surface area contributed by atoms with Gasteiger partial charge in [0, 0.05) is 23.4 Å². The molecule has 0 aliphatic heterocycles. The lowest BCUT2D eigenvalue weighted by Gasteiger charge is -2.29. The number of aromatic nitrogens is 2. The number of nitrogens with one attached hydrogen (secondary N) is 1. The van der Waals surface area contributed by atoms with Crippen LogP contribution >= 0.6 is 11.3 Å². The summed E-state index contributed by atoms with van der Waals surface area (Å²) in [5, 5.41) is 3.26. The van der Waals surface area contributed by atoms with Crippen LogP contribution in [0.5, 0.6) is 0 Å². The molecule has 5 heteroatoms. The zero-order valence-corrected chi connectivity index (χ0v) is 17.6. The van der Waals surface area contributed by atoms with Crippen molar-refractivity contribution in [3.8, 4) is 11.3 Å². The number of fused-ring (bicyclic) bond motifs is 3. The van der Waals surface area contributed by atoms with Crippen molar-refractivity contribution in [2.24, 2.45) is 5.92 Å². The zero-order chi connectivity index (χ0) is 20.0. The van der Waals surface area contributed by atoms with Crippen LogP contribution in [0.4, 0.5) is 0 Å². The Morgan fingerprint density at radius 3 is 2.72 bits per heavy atom. The first kappa shape index (κ1) is 18.4. The Balaban J connectivity index is 1.43. The summed E-state index contributed by atoms with van der Waals surface area (Å²) in [5.41, 5.74) is 5.18. The molecule has 1 aliphatic carbocycles.